The Kier molecular flexibility index (Phi) is 10.1. The Hall–Kier alpha value is -0.440. The third-order valence-corrected chi connectivity index (χ3v) is 3.51. The van der Waals surface area contributed by atoms with Gasteiger partial charge in [0.2, 0.25) is 0 Å². The minimum atomic E-state index is -4.76. The average Bonchev–Trinajstić information content (AvgIpc) is 2.35. The molecule has 0 aromatic carbocycles. The summed E-state index contributed by atoms with van der Waals surface area (Å²) in [7, 11) is -4.76. The van der Waals surface area contributed by atoms with E-state index in [-0.39, 0.29) is 6.42 Å². The molecule has 0 rings (SSSR count). The Labute approximate surface area is 129 Å². The summed E-state index contributed by atoms with van der Waals surface area (Å²) in [6, 6.07) is -1.45. The SMILES string of the molecule is C[C@@H](OP(=O)(O)O)[C@H](N)C(=O)OC(=O)CCCCCCS. The van der Waals surface area contributed by atoms with Crippen molar-refractivity contribution in [2.75, 3.05) is 5.75 Å². The van der Waals surface area contributed by atoms with E-state index in [0.717, 1.165) is 25.0 Å². The number of hydrogen-bond donors (Lipinski definition) is 4. The van der Waals surface area contributed by atoms with Crippen molar-refractivity contribution >= 4 is 32.4 Å². The fourth-order valence-corrected chi connectivity index (χ4v) is 2.23. The fourth-order valence-electron chi connectivity index (χ4n) is 1.44. The van der Waals surface area contributed by atoms with Crippen LogP contribution in [0, 0.1) is 0 Å². The lowest BCUT2D eigenvalue weighted by Crippen LogP contribution is -2.43. The fraction of sp³-hybridized carbons (Fsp3) is 0.818. The topological polar surface area (TPSA) is 136 Å². The van der Waals surface area contributed by atoms with Crippen molar-refractivity contribution in [1.29, 1.82) is 0 Å². The van der Waals surface area contributed by atoms with E-state index in [4.69, 9.17) is 15.5 Å². The number of rotatable bonds is 10. The molecule has 0 aliphatic heterocycles. The molecule has 2 atom stereocenters. The number of unbranched alkanes of at least 4 members (excludes halogenated alkanes) is 3. The Balaban J connectivity index is 4.05. The van der Waals surface area contributed by atoms with Crippen molar-refractivity contribution in [1.82, 2.24) is 0 Å². The second-order valence-electron chi connectivity index (χ2n) is 4.51. The molecular weight excluding hydrogens is 321 g/mol. The number of phosphoric acid groups is 1. The summed E-state index contributed by atoms with van der Waals surface area (Å²) in [6.45, 7) is 1.20. The van der Waals surface area contributed by atoms with Crippen molar-refractivity contribution in [3.05, 3.63) is 0 Å². The van der Waals surface area contributed by atoms with Gasteiger partial charge >= 0.3 is 19.8 Å². The van der Waals surface area contributed by atoms with Gasteiger partial charge in [-0.2, -0.15) is 12.6 Å². The molecule has 0 amide bonds. The number of ether oxygens (including phenoxy) is 1. The molecule has 4 N–H and O–H groups in total. The van der Waals surface area contributed by atoms with Crippen LogP contribution in [-0.4, -0.2) is 39.6 Å². The molecule has 0 aliphatic carbocycles. The van der Waals surface area contributed by atoms with E-state index in [1.807, 2.05) is 0 Å². The van der Waals surface area contributed by atoms with Crippen LogP contribution in [-0.2, 0) is 23.4 Å². The first-order valence-electron chi connectivity index (χ1n) is 6.52. The van der Waals surface area contributed by atoms with E-state index in [9.17, 15) is 14.2 Å². The highest BCUT2D eigenvalue weighted by molar-refractivity contribution is 7.80. The van der Waals surface area contributed by atoms with Crippen LogP contribution in [0.2, 0.25) is 0 Å². The number of carbonyl (C=O) groups is 2. The maximum absolute atomic E-state index is 11.5. The van der Waals surface area contributed by atoms with Gasteiger partial charge in [0.05, 0.1) is 6.10 Å². The summed E-state index contributed by atoms with van der Waals surface area (Å²) in [5.74, 6) is -1.00. The quantitative estimate of drug-likeness (QED) is 0.150. The van der Waals surface area contributed by atoms with Crippen molar-refractivity contribution in [2.45, 2.75) is 51.2 Å². The zero-order valence-electron chi connectivity index (χ0n) is 11.8. The molecule has 0 aliphatic rings. The monoisotopic (exact) mass is 343 g/mol. The van der Waals surface area contributed by atoms with E-state index >= 15 is 0 Å². The minimum Gasteiger partial charge on any atom is -0.392 e. The second kappa shape index (κ2) is 10.3. The maximum Gasteiger partial charge on any atom is 0.469 e. The summed E-state index contributed by atoms with van der Waals surface area (Å²) in [6.07, 6.45) is 2.12. The lowest BCUT2D eigenvalue weighted by atomic mass is 10.1. The molecule has 10 heteroatoms. The number of esters is 2. The van der Waals surface area contributed by atoms with Gasteiger partial charge in [0.25, 0.3) is 0 Å². The Morgan fingerprint density at radius 3 is 2.33 bits per heavy atom. The van der Waals surface area contributed by atoms with Crippen LogP contribution in [0.1, 0.15) is 39.0 Å². The van der Waals surface area contributed by atoms with E-state index in [1.165, 1.54) is 6.92 Å². The van der Waals surface area contributed by atoms with Gasteiger partial charge in [-0.1, -0.05) is 12.8 Å². The van der Waals surface area contributed by atoms with Crippen molar-refractivity contribution in [3.63, 3.8) is 0 Å². The predicted octanol–water partition coefficient (Wildman–Crippen LogP) is 0.762. The zero-order chi connectivity index (χ0) is 16.5. The molecule has 0 bridgehead atoms. The molecule has 0 heterocycles. The standard InChI is InChI=1S/C11H22NO7PS/c1-8(19-20(15,16)17)10(12)11(14)18-9(13)6-4-2-3-5-7-21/h8,10,21H,2-7,12H2,1H3,(H2,15,16,17)/t8-,10+/m1/s1. The number of carbonyl (C=O) groups excluding carboxylic acids is 2. The third-order valence-electron chi connectivity index (χ3n) is 2.58. The lowest BCUT2D eigenvalue weighted by Gasteiger charge is -2.18. The van der Waals surface area contributed by atoms with Crippen molar-refractivity contribution < 1.29 is 33.2 Å². The molecule has 0 radical (unpaired) electrons. The molecule has 0 saturated carbocycles. The summed E-state index contributed by atoms with van der Waals surface area (Å²) in [5, 5.41) is 0. The summed E-state index contributed by atoms with van der Waals surface area (Å²) < 4.78 is 19.4. The normalized spacial score (nSPS) is 14.5. The van der Waals surface area contributed by atoms with Crippen LogP contribution in [0.4, 0.5) is 0 Å². The highest BCUT2D eigenvalue weighted by Gasteiger charge is 2.30. The molecule has 21 heavy (non-hydrogen) atoms. The zero-order valence-corrected chi connectivity index (χ0v) is 13.6. The van der Waals surface area contributed by atoms with Crippen LogP contribution in [0.3, 0.4) is 0 Å². The van der Waals surface area contributed by atoms with Gasteiger partial charge in [0.1, 0.15) is 6.04 Å². The van der Waals surface area contributed by atoms with Gasteiger partial charge in [0.15, 0.2) is 0 Å². The summed E-state index contributed by atoms with van der Waals surface area (Å²) in [4.78, 5) is 40.1. The Morgan fingerprint density at radius 2 is 1.81 bits per heavy atom. The Bertz CT molecular complexity index is 387. The van der Waals surface area contributed by atoms with Gasteiger partial charge in [-0.15, -0.1) is 0 Å². The van der Waals surface area contributed by atoms with E-state index in [1.54, 1.807) is 0 Å². The second-order valence-corrected chi connectivity index (χ2v) is 6.15. The van der Waals surface area contributed by atoms with Crippen LogP contribution in [0.25, 0.3) is 0 Å². The maximum atomic E-state index is 11.5. The molecule has 0 unspecified atom stereocenters. The number of thiol groups is 1. The van der Waals surface area contributed by atoms with Gasteiger partial charge in [-0.25, -0.2) is 9.36 Å². The van der Waals surface area contributed by atoms with Gasteiger partial charge < -0.3 is 20.3 Å². The minimum absolute atomic E-state index is 0.0821. The lowest BCUT2D eigenvalue weighted by molar-refractivity contribution is -0.161. The van der Waals surface area contributed by atoms with Crippen LogP contribution in [0.15, 0.2) is 0 Å². The van der Waals surface area contributed by atoms with Crippen molar-refractivity contribution in [3.8, 4) is 0 Å². The number of hydrogen-bond acceptors (Lipinski definition) is 7. The van der Waals surface area contributed by atoms with E-state index in [0.29, 0.717) is 6.42 Å². The highest BCUT2D eigenvalue weighted by atomic mass is 32.1. The van der Waals surface area contributed by atoms with Gasteiger partial charge in [-0.3, -0.25) is 9.32 Å². The first-order chi connectivity index (χ1) is 9.67. The molecule has 0 aromatic rings. The van der Waals surface area contributed by atoms with Crippen LogP contribution in [0.5, 0.6) is 0 Å². The third kappa shape index (κ3) is 10.9. The number of nitrogens with two attached hydrogens (primary N) is 1. The molecule has 0 saturated heterocycles. The first-order valence-corrected chi connectivity index (χ1v) is 8.68. The summed E-state index contributed by atoms with van der Waals surface area (Å²) >= 11 is 4.06. The smallest absolute Gasteiger partial charge is 0.392 e. The molecule has 124 valence electrons. The Morgan fingerprint density at radius 1 is 1.24 bits per heavy atom. The van der Waals surface area contributed by atoms with Crippen LogP contribution < -0.4 is 5.73 Å². The number of phosphoric ester groups is 1. The molecule has 8 nitrogen and oxygen atoms in total. The average molecular weight is 343 g/mol. The first kappa shape index (κ1) is 20.6. The molecule has 0 fully saturated rings. The van der Waals surface area contributed by atoms with Gasteiger partial charge in [-0.05, 0) is 25.5 Å². The van der Waals surface area contributed by atoms with Crippen LogP contribution >= 0.6 is 20.5 Å². The largest absolute Gasteiger partial charge is 0.469 e. The predicted molar refractivity (Wildman–Crippen MR) is 78.6 cm³/mol. The van der Waals surface area contributed by atoms with E-state index in [2.05, 4.69) is 21.9 Å². The summed E-state index contributed by atoms with van der Waals surface area (Å²) in [5.41, 5.74) is 5.41. The highest BCUT2D eigenvalue weighted by Crippen LogP contribution is 2.37. The van der Waals surface area contributed by atoms with Gasteiger partial charge in [0, 0.05) is 6.42 Å². The molecule has 0 spiro atoms. The van der Waals surface area contributed by atoms with Crippen molar-refractivity contribution in [2.24, 2.45) is 5.73 Å². The molecular formula is C11H22NO7PS. The van der Waals surface area contributed by atoms with E-state index < -0.39 is 31.9 Å². The molecule has 0 aromatic heterocycles.